The van der Waals surface area contributed by atoms with Crippen molar-refractivity contribution in [1.29, 1.82) is 0 Å². The summed E-state index contributed by atoms with van der Waals surface area (Å²) in [5.74, 6) is 5.02. The first kappa shape index (κ1) is 14.7. The van der Waals surface area contributed by atoms with Crippen LogP contribution in [0.1, 0.15) is 5.56 Å². The van der Waals surface area contributed by atoms with Gasteiger partial charge in [-0.2, -0.15) is 0 Å². The van der Waals surface area contributed by atoms with Gasteiger partial charge in [0.2, 0.25) is 0 Å². The number of halogens is 1. The lowest BCUT2D eigenvalue weighted by Crippen LogP contribution is -2.17. The van der Waals surface area contributed by atoms with Gasteiger partial charge in [-0.3, -0.25) is 16.0 Å². The van der Waals surface area contributed by atoms with E-state index in [1.165, 1.54) is 24.3 Å². The van der Waals surface area contributed by atoms with Crippen molar-refractivity contribution in [2.45, 2.75) is 6.54 Å². The number of nitrogens with two attached hydrogens (primary N) is 1. The van der Waals surface area contributed by atoms with E-state index in [9.17, 15) is 14.5 Å². The molecule has 0 aliphatic rings. The molecule has 2 aromatic rings. The summed E-state index contributed by atoms with van der Waals surface area (Å²) in [6.07, 6.45) is 0. The molecule has 0 aliphatic carbocycles. The van der Waals surface area contributed by atoms with Gasteiger partial charge >= 0.3 is 0 Å². The molecule has 0 aromatic heterocycles. The van der Waals surface area contributed by atoms with E-state index < -0.39 is 4.92 Å². The average molecular weight is 290 g/mol. The molecule has 21 heavy (non-hydrogen) atoms. The first-order valence-electron chi connectivity index (χ1n) is 6.21. The molecule has 2 rings (SSSR count). The Morgan fingerprint density at radius 3 is 2.52 bits per heavy atom. The Bertz CT molecular complexity index is 646. The lowest BCUT2D eigenvalue weighted by Gasteiger charge is -2.20. The molecule has 0 bridgehead atoms. The maximum atomic E-state index is 12.9. The normalized spacial score (nSPS) is 10.2. The van der Waals surface area contributed by atoms with Crippen molar-refractivity contribution in [3.63, 3.8) is 0 Å². The first-order chi connectivity index (χ1) is 9.99. The van der Waals surface area contributed by atoms with Crippen molar-refractivity contribution in [3.8, 4) is 0 Å². The minimum absolute atomic E-state index is 0.0496. The third kappa shape index (κ3) is 3.67. The van der Waals surface area contributed by atoms with Crippen molar-refractivity contribution in [2.75, 3.05) is 17.4 Å². The zero-order valence-corrected chi connectivity index (χ0v) is 11.4. The Labute approximate surface area is 121 Å². The highest BCUT2D eigenvalue weighted by atomic mass is 19.1. The minimum Gasteiger partial charge on any atom is -0.370 e. The fourth-order valence-corrected chi connectivity index (χ4v) is 1.96. The number of anilines is 2. The fourth-order valence-electron chi connectivity index (χ4n) is 1.96. The summed E-state index contributed by atoms with van der Waals surface area (Å²) in [5.41, 5.74) is 4.34. The second-order valence-electron chi connectivity index (χ2n) is 4.62. The van der Waals surface area contributed by atoms with Gasteiger partial charge in [0.15, 0.2) is 0 Å². The molecule has 7 heteroatoms. The van der Waals surface area contributed by atoms with Crippen LogP contribution in [0.5, 0.6) is 0 Å². The maximum absolute atomic E-state index is 12.9. The third-order valence-electron chi connectivity index (χ3n) is 3.05. The number of nitrogens with zero attached hydrogens (tertiary/aromatic N) is 2. The predicted molar refractivity (Wildman–Crippen MR) is 79.4 cm³/mol. The molecule has 0 saturated carbocycles. The van der Waals surface area contributed by atoms with Crippen LogP contribution < -0.4 is 16.2 Å². The van der Waals surface area contributed by atoms with Gasteiger partial charge < -0.3 is 10.3 Å². The Hall–Kier alpha value is -2.67. The Morgan fingerprint density at radius 1 is 1.29 bits per heavy atom. The van der Waals surface area contributed by atoms with Crippen molar-refractivity contribution in [2.24, 2.45) is 5.84 Å². The summed E-state index contributed by atoms with van der Waals surface area (Å²) in [6, 6.07) is 10.6. The molecule has 0 aliphatic heterocycles. The summed E-state index contributed by atoms with van der Waals surface area (Å²) >= 11 is 0. The van der Waals surface area contributed by atoms with Crippen molar-refractivity contribution >= 4 is 17.1 Å². The second-order valence-corrected chi connectivity index (χ2v) is 4.62. The molecule has 0 heterocycles. The number of hydrogen-bond acceptors (Lipinski definition) is 5. The molecule has 0 radical (unpaired) electrons. The second kappa shape index (κ2) is 6.19. The standard InChI is InChI=1S/C14H15FN4O2/c1-18(9-10-2-4-11(15)5-3-10)13-6-12(17-16)7-14(8-13)19(20)21/h2-8,17H,9,16H2,1H3. The molecule has 0 spiro atoms. The minimum atomic E-state index is -0.476. The van der Waals surface area contributed by atoms with Crippen LogP contribution in [0.3, 0.4) is 0 Å². The summed E-state index contributed by atoms with van der Waals surface area (Å²) in [4.78, 5) is 12.3. The van der Waals surface area contributed by atoms with Crippen LogP contribution in [-0.4, -0.2) is 12.0 Å². The Morgan fingerprint density at radius 2 is 1.95 bits per heavy atom. The number of hydrogen-bond donors (Lipinski definition) is 2. The largest absolute Gasteiger partial charge is 0.370 e. The van der Waals surface area contributed by atoms with Crippen molar-refractivity contribution in [3.05, 3.63) is 64.0 Å². The van der Waals surface area contributed by atoms with E-state index in [4.69, 9.17) is 5.84 Å². The highest BCUT2D eigenvalue weighted by Crippen LogP contribution is 2.26. The van der Waals surface area contributed by atoms with E-state index in [0.717, 1.165) is 5.56 Å². The van der Waals surface area contributed by atoms with E-state index in [0.29, 0.717) is 17.9 Å². The Kier molecular flexibility index (Phi) is 4.34. The monoisotopic (exact) mass is 290 g/mol. The van der Waals surface area contributed by atoms with Crippen LogP contribution in [-0.2, 0) is 6.54 Å². The lowest BCUT2D eigenvalue weighted by atomic mass is 10.2. The topological polar surface area (TPSA) is 84.4 Å². The fraction of sp³-hybridized carbons (Fsp3) is 0.143. The van der Waals surface area contributed by atoms with E-state index in [1.807, 2.05) is 4.90 Å². The number of nitrogens with one attached hydrogen (secondary N) is 1. The van der Waals surface area contributed by atoms with Crippen LogP contribution in [0.2, 0.25) is 0 Å². The van der Waals surface area contributed by atoms with Gasteiger partial charge in [0.25, 0.3) is 5.69 Å². The number of benzene rings is 2. The van der Waals surface area contributed by atoms with Crippen LogP contribution in [0.4, 0.5) is 21.5 Å². The van der Waals surface area contributed by atoms with Crippen LogP contribution in [0, 0.1) is 15.9 Å². The molecular formula is C14H15FN4O2. The molecule has 0 fully saturated rings. The lowest BCUT2D eigenvalue weighted by molar-refractivity contribution is -0.384. The molecule has 110 valence electrons. The number of nitro groups is 1. The van der Waals surface area contributed by atoms with Gasteiger partial charge in [-0.25, -0.2) is 4.39 Å². The van der Waals surface area contributed by atoms with Gasteiger partial charge in [-0.05, 0) is 23.8 Å². The molecule has 0 atom stereocenters. The highest BCUT2D eigenvalue weighted by molar-refractivity contribution is 5.64. The van der Waals surface area contributed by atoms with Crippen molar-refractivity contribution in [1.82, 2.24) is 0 Å². The van der Waals surface area contributed by atoms with Gasteiger partial charge in [0.05, 0.1) is 10.6 Å². The summed E-state index contributed by atoms with van der Waals surface area (Å²) < 4.78 is 12.9. The summed E-state index contributed by atoms with van der Waals surface area (Å²) in [7, 11) is 1.79. The third-order valence-corrected chi connectivity index (χ3v) is 3.05. The first-order valence-corrected chi connectivity index (χ1v) is 6.21. The van der Waals surface area contributed by atoms with E-state index >= 15 is 0 Å². The van der Waals surface area contributed by atoms with Gasteiger partial charge in [0, 0.05) is 31.4 Å². The number of hydrazine groups is 1. The molecule has 0 unspecified atom stereocenters. The number of non-ortho nitro benzene ring substituents is 1. The highest BCUT2D eigenvalue weighted by Gasteiger charge is 2.12. The zero-order valence-electron chi connectivity index (χ0n) is 11.4. The molecular weight excluding hydrogens is 275 g/mol. The molecule has 3 N–H and O–H groups in total. The summed E-state index contributed by atoms with van der Waals surface area (Å²) in [6.45, 7) is 0.492. The molecule has 0 amide bonds. The number of rotatable bonds is 5. The average Bonchev–Trinajstić information content (AvgIpc) is 2.49. The smallest absolute Gasteiger partial charge is 0.273 e. The quantitative estimate of drug-likeness (QED) is 0.502. The molecule has 2 aromatic carbocycles. The molecule has 6 nitrogen and oxygen atoms in total. The Balaban J connectivity index is 2.25. The number of nitro benzene ring substituents is 1. The van der Waals surface area contributed by atoms with Crippen LogP contribution in [0.25, 0.3) is 0 Å². The zero-order chi connectivity index (χ0) is 15.4. The van der Waals surface area contributed by atoms with Gasteiger partial charge in [0.1, 0.15) is 5.82 Å². The number of nitrogen functional groups attached to an aromatic ring is 1. The van der Waals surface area contributed by atoms with Crippen molar-refractivity contribution < 1.29 is 9.31 Å². The molecule has 0 saturated heterocycles. The van der Waals surface area contributed by atoms with Gasteiger partial charge in [-0.15, -0.1) is 0 Å². The van der Waals surface area contributed by atoms with E-state index in [2.05, 4.69) is 5.43 Å². The van der Waals surface area contributed by atoms with E-state index in [1.54, 1.807) is 25.2 Å². The van der Waals surface area contributed by atoms with Gasteiger partial charge in [-0.1, -0.05) is 12.1 Å². The maximum Gasteiger partial charge on any atom is 0.273 e. The van der Waals surface area contributed by atoms with E-state index in [-0.39, 0.29) is 11.5 Å². The van der Waals surface area contributed by atoms with Crippen LogP contribution >= 0.6 is 0 Å². The predicted octanol–water partition coefficient (Wildman–Crippen LogP) is 2.66. The van der Waals surface area contributed by atoms with Crippen LogP contribution in [0.15, 0.2) is 42.5 Å². The SMILES string of the molecule is CN(Cc1ccc(F)cc1)c1cc(NN)cc([N+](=O)[O-])c1. The summed E-state index contributed by atoms with van der Waals surface area (Å²) in [5, 5.41) is 10.9.